The van der Waals surface area contributed by atoms with Crippen LogP contribution in [0.5, 0.6) is 0 Å². The summed E-state index contributed by atoms with van der Waals surface area (Å²) >= 11 is 0. The van der Waals surface area contributed by atoms with Gasteiger partial charge in [0.25, 0.3) is 0 Å². The molecule has 140 valence electrons. The minimum absolute atomic E-state index is 0.0204. The molecule has 0 saturated carbocycles. The fourth-order valence-electron chi connectivity index (χ4n) is 3.63. The molecule has 1 fully saturated rings. The van der Waals surface area contributed by atoms with Crippen LogP contribution in [0.15, 0.2) is 61.1 Å². The van der Waals surface area contributed by atoms with Gasteiger partial charge in [0.1, 0.15) is 0 Å². The number of nitrogens with zero attached hydrogens (tertiary/aromatic N) is 4. The van der Waals surface area contributed by atoms with Gasteiger partial charge in [-0.3, -0.25) is 9.88 Å². The van der Waals surface area contributed by atoms with Crippen LogP contribution < -0.4 is 0 Å². The molecule has 2 N–H and O–H groups in total. The molecule has 1 aliphatic heterocycles. The van der Waals surface area contributed by atoms with E-state index in [2.05, 4.69) is 16.1 Å². The molecule has 0 unspecified atom stereocenters. The van der Waals surface area contributed by atoms with E-state index in [1.165, 1.54) is 0 Å². The van der Waals surface area contributed by atoms with E-state index >= 15 is 0 Å². The topological polar surface area (TPSA) is 74.4 Å². The number of benzene rings is 1. The first-order valence-corrected chi connectivity index (χ1v) is 9.30. The SMILES string of the molecule is OC[C@H]1CCN(Cc2cn(-c3ccccc3)nc2-c2ccncc2)C[C@@H]1O. The summed E-state index contributed by atoms with van der Waals surface area (Å²) in [6, 6.07) is 14.0. The maximum Gasteiger partial charge on any atom is 0.0973 e. The van der Waals surface area contributed by atoms with Gasteiger partial charge in [-0.1, -0.05) is 18.2 Å². The molecule has 1 aromatic carbocycles. The number of hydrogen-bond donors (Lipinski definition) is 2. The Morgan fingerprint density at radius 1 is 1.07 bits per heavy atom. The lowest BCUT2D eigenvalue weighted by atomic mass is 9.94. The van der Waals surface area contributed by atoms with Gasteiger partial charge in [0.05, 0.1) is 17.5 Å². The second kappa shape index (κ2) is 8.00. The second-order valence-corrected chi connectivity index (χ2v) is 7.05. The van der Waals surface area contributed by atoms with Crippen LogP contribution in [-0.4, -0.2) is 55.7 Å². The van der Waals surface area contributed by atoms with Gasteiger partial charge in [-0.25, -0.2) is 4.68 Å². The van der Waals surface area contributed by atoms with Crippen LogP contribution in [-0.2, 0) is 6.54 Å². The average Bonchev–Trinajstić information content (AvgIpc) is 3.13. The van der Waals surface area contributed by atoms with E-state index in [4.69, 9.17) is 5.10 Å². The Morgan fingerprint density at radius 2 is 1.85 bits per heavy atom. The van der Waals surface area contributed by atoms with Crippen LogP contribution >= 0.6 is 0 Å². The first kappa shape index (κ1) is 17.9. The minimum atomic E-state index is -0.489. The van der Waals surface area contributed by atoms with Crippen molar-refractivity contribution in [2.45, 2.75) is 19.1 Å². The van der Waals surface area contributed by atoms with Crippen molar-refractivity contribution in [1.82, 2.24) is 19.7 Å². The first-order chi connectivity index (χ1) is 13.2. The number of pyridine rings is 1. The molecular formula is C21H24N4O2. The maximum absolute atomic E-state index is 10.3. The van der Waals surface area contributed by atoms with Gasteiger partial charge < -0.3 is 10.2 Å². The van der Waals surface area contributed by atoms with Crippen LogP contribution in [0.2, 0.25) is 0 Å². The fraction of sp³-hybridized carbons (Fsp3) is 0.333. The molecule has 1 saturated heterocycles. The number of aromatic nitrogens is 3. The molecular weight excluding hydrogens is 340 g/mol. The summed E-state index contributed by atoms with van der Waals surface area (Å²) in [7, 11) is 0. The molecule has 6 nitrogen and oxygen atoms in total. The van der Waals surface area contributed by atoms with Crippen molar-refractivity contribution in [1.29, 1.82) is 0 Å². The van der Waals surface area contributed by atoms with Gasteiger partial charge in [-0.2, -0.15) is 5.10 Å². The van der Waals surface area contributed by atoms with E-state index in [0.29, 0.717) is 13.1 Å². The quantitative estimate of drug-likeness (QED) is 0.725. The third-order valence-electron chi connectivity index (χ3n) is 5.20. The molecule has 1 aliphatic rings. The van der Waals surface area contributed by atoms with E-state index < -0.39 is 6.10 Å². The van der Waals surface area contributed by atoms with Gasteiger partial charge in [0, 0.05) is 55.3 Å². The number of hydrogen-bond acceptors (Lipinski definition) is 5. The predicted molar refractivity (Wildman–Crippen MR) is 103 cm³/mol. The highest BCUT2D eigenvalue weighted by atomic mass is 16.3. The van der Waals surface area contributed by atoms with E-state index in [1.54, 1.807) is 12.4 Å². The summed E-state index contributed by atoms with van der Waals surface area (Å²) in [5.41, 5.74) is 4.08. The number of rotatable bonds is 5. The third-order valence-corrected chi connectivity index (χ3v) is 5.20. The van der Waals surface area contributed by atoms with Crippen LogP contribution in [0.3, 0.4) is 0 Å². The molecule has 6 heteroatoms. The van der Waals surface area contributed by atoms with Gasteiger partial charge in [0.15, 0.2) is 0 Å². The predicted octanol–water partition coefficient (Wildman–Crippen LogP) is 2.11. The van der Waals surface area contributed by atoms with Gasteiger partial charge in [-0.15, -0.1) is 0 Å². The van der Waals surface area contributed by atoms with E-state index in [0.717, 1.165) is 35.5 Å². The Balaban J connectivity index is 1.64. The van der Waals surface area contributed by atoms with Crippen molar-refractivity contribution >= 4 is 0 Å². The Kier molecular flexibility index (Phi) is 5.29. The fourth-order valence-corrected chi connectivity index (χ4v) is 3.63. The zero-order valence-electron chi connectivity index (χ0n) is 15.1. The van der Waals surface area contributed by atoms with Gasteiger partial charge in [-0.05, 0) is 37.2 Å². The molecule has 2 atom stereocenters. The average molecular weight is 364 g/mol. The van der Waals surface area contributed by atoms with Crippen molar-refractivity contribution in [2.75, 3.05) is 19.7 Å². The lowest BCUT2D eigenvalue weighted by Gasteiger charge is -2.35. The van der Waals surface area contributed by atoms with Crippen LogP contribution in [0.25, 0.3) is 16.9 Å². The number of aliphatic hydroxyl groups excluding tert-OH is 2. The van der Waals surface area contributed by atoms with Crippen molar-refractivity contribution in [3.05, 3.63) is 66.6 Å². The Bertz CT molecular complexity index is 866. The van der Waals surface area contributed by atoms with Crippen molar-refractivity contribution in [3.63, 3.8) is 0 Å². The smallest absolute Gasteiger partial charge is 0.0973 e. The molecule has 0 bridgehead atoms. The summed E-state index contributed by atoms with van der Waals surface area (Å²) < 4.78 is 1.90. The summed E-state index contributed by atoms with van der Waals surface area (Å²) in [5.74, 6) is -0.0204. The van der Waals surface area contributed by atoms with Crippen molar-refractivity contribution in [2.24, 2.45) is 5.92 Å². The molecule has 0 aliphatic carbocycles. The highest BCUT2D eigenvalue weighted by molar-refractivity contribution is 5.62. The molecule has 0 spiro atoms. The number of likely N-dealkylation sites (tertiary alicyclic amines) is 1. The maximum atomic E-state index is 10.3. The van der Waals surface area contributed by atoms with Crippen LogP contribution in [0.1, 0.15) is 12.0 Å². The summed E-state index contributed by atoms with van der Waals surface area (Å²) in [4.78, 5) is 6.34. The summed E-state index contributed by atoms with van der Waals surface area (Å²) in [6.45, 7) is 2.18. The molecule has 2 aromatic heterocycles. The number of aliphatic hydroxyl groups is 2. The Labute approximate surface area is 158 Å². The van der Waals surface area contributed by atoms with E-state index in [1.807, 2.05) is 47.1 Å². The Morgan fingerprint density at radius 3 is 2.56 bits per heavy atom. The number of para-hydroxylation sites is 1. The normalized spacial score (nSPS) is 20.7. The number of β-amino-alcohol motifs (C(OH)–C–C–N with tert-alkyl or cyclic N) is 1. The zero-order chi connectivity index (χ0) is 18.6. The second-order valence-electron chi connectivity index (χ2n) is 7.05. The minimum Gasteiger partial charge on any atom is -0.396 e. The van der Waals surface area contributed by atoms with E-state index in [9.17, 15) is 10.2 Å². The standard InChI is InChI=1S/C21H24N4O2/c26-15-17-8-11-24(14-20(17)27)12-18-13-25(19-4-2-1-3-5-19)23-21(18)16-6-9-22-10-7-16/h1-7,9-10,13,17,20,26-27H,8,11-12,14-15H2/t17-,20+/m1/s1. The van der Waals surface area contributed by atoms with Gasteiger partial charge in [0.2, 0.25) is 0 Å². The highest BCUT2D eigenvalue weighted by Gasteiger charge is 2.28. The molecule has 4 rings (SSSR count). The van der Waals surface area contributed by atoms with Crippen molar-refractivity contribution in [3.8, 4) is 16.9 Å². The third kappa shape index (κ3) is 3.93. The van der Waals surface area contributed by atoms with Gasteiger partial charge >= 0.3 is 0 Å². The molecule has 0 radical (unpaired) electrons. The van der Waals surface area contributed by atoms with Crippen molar-refractivity contribution < 1.29 is 10.2 Å². The molecule has 0 amide bonds. The molecule has 27 heavy (non-hydrogen) atoms. The largest absolute Gasteiger partial charge is 0.396 e. The molecule has 3 heterocycles. The zero-order valence-corrected chi connectivity index (χ0v) is 15.1. The van der Waals surface area contributed by atoms with Crippen LogP contribution in [0, 0.1) is 5.92 Å². The number of piperidine rings is 1. The lowest BCUT2D eigenvalue weighted by molar-refractivity contribution is -0.00440. The van der Waals surface area contributed by atoms with Crippen LogP contribution in [0.4, 0.5) is 0 Å². The monoisotopic (exact) mass is 364 g/mol. The summed E-state index contributed by atoms with van der Waals surface area (Å²) in [6.07, 6.45) is 5.93. The highest BCUT2D eigenvalue weighted by Crippen LogP contribution is 2.26. The lowest BCUT2D eigenvalue weighted by Crippen LogP contribution is -2.44. The van der Waals surface area contributed by atoms with E-state index in [-0.39, 0.29) is 12.5 Å². The first-order valence-electron chi connectivity index (χ1n) is 9.30. The Hall–Kier alpha value is -2.54. The summed E-state index contributed by atoms with van der Waals surface area (Å²) in [5, 5.41) is 24.4. The molecule has 3 aromatic rings.